The van der Waals surface area contributed by atoms with Gasteiger partial charge in [-0.2, -0.15) is 0 Å². The van der Waals surface area contributed by atoms with Crippen molar-refractivity contribution in [3.63, 3.8) is 0 Å². The van der Waals surface area contributed by atoms with Gasteiger partial charge >= 0.3 is 5.69 Å². The highest BCUT2D eigenvalue weighted by molar-refractivity contribution is 5.48. The van der Waals surface area contributed by atoms with Gasteiger partial charge in [-0.15, -0.1) is 0 Å². The first kappa shape index (κ1) is 15.0. The van der Waals surface area contributed by atoms with Crippen LogP contribution in [-0.4, -0.2) is 28.2 Å². The normalized spacial score (nSPS) is 10.6. The number of imidazole rings is 1. The summed E-state index contributed by atoms with van der Waals surface area (Å²) in [6.07, 6.45) is 3.51. The molecule has 1 aromatic heterocycles. The van der Waals surface area contributed by atoms with Crippen LogP contribution in [0.5, 0.6) is 5.75 Å². The molecule has 0 saturated carbocycles. The summed E-state index contributed by atoms with van der Waals surface area (Å²) in [6.45, 7) is 3.44. The minimum Gasteiger partial charge on any atom is -0.490 e. The van der Waals surface area contributed by atoms with Crippen LogP contribution in [-0.2, 0) is 17.9 Å². The summed E-state index contributed by atoms with van der Waals surface area (Å²) in [6, 6.07) is 4.92. The number of aromatic nitrogens is 2. The maximum atomic E-state index is 11.0. The van der Waals surface area contributed by atoms with Gasteiger partial charge in [-0.1, -0.05) is 6.07 Å². The van der Waals surface area contributed by atoms with Crippen LogP contribution in [0.3, 0.4) is 0 Å². The van der Waals surface area contributed by atoms with Crippen LogP contribution in [0.25, 0.3) is 0 Å². The lowest BCUT2D eigenvalue weighted by Crippen LogP contribution is -2.06. The fourth-order valence-corrected chi connectivity index (χ4v) is 1.99. The molecule has 2 aromatic rings. The molecule has 1 heterocycles. The van der Waals surface area contributed by atoms with Gasteiger partial charge in [-0.25, -0.2) is 4.98 Å². The van der Waals surface area contributed by atoms with Crippen LogP contribution in [0.4, 0.5) is 5.69 Å². The lowest BCUT2D eigenvalue weighted by Gasteiger charge is -2.09. The number of ether oxygens (including phenoxy) is 2. The van der Waals surface area contributed by atoms with Crippen LogP contribution in [0.15, 0.2) is 30.6 Å². The monoisotopic (exact) mass is 291 g/mol. The third-order valence-corrected chi connectivity index (χ3v) is 3.03. The first-order chi connectivity index (χ1) is 10.2. The molecular formula is C14H17N3O4. The van der Waals surface area contributed by atoms with Gasteiger partial charge in [0.15, 0.2) is 5.75 Å². The summed E-state index contributed by atoms with van der Waals surface area (Å²) < 4.78 is 12.2. The second kappa shape index (κ2) is 6.85. The van der Waals surface area contributed by atoms with Crippen LogP contribution in [0, 0.1) is 10.1 Å². The number of nitro benzene ring substituents is 1. The number of hydrogen-bond acceptors (Lipinski definition) is 5. The molecule has 1 aromatic carbocycles. The molecule has 21 heavy (non-hydrogen) atoms. The molecule has 0 aliphatic heterocycles. The molecule has 0 atom stereocenters. The fraction of sp³-hybridized carbons (Fsp3) is 0.357. The van der Waals surface area contributed by atoms with Gasteiger partial charge in [0.25, 0.3) is 0 Å². The molecule has 7 heteroatoms. The third-order valence-electron chi connectivity index (χ3n) is 3.03. The van der Waals surface area contributed by atoms with Gasteiger partial charge in [0, 0.05) is 31.6 Å². The highest BCUT2D eigenvalue weighted by atomic mass is 16.6. The Balaban J connectivity index is 2.22. The predicted octanol–water partition coefficient (Wildman–Crippen LogP) is 2.38. The Morgan fingerprint density at radius 1 is 1.43 bits per heavy atom. The molecule has 0 amide bonds. The van der Waals surface area contributed by atoms with E-state index >= 15 is 0 Å². The number of nitrogens with zero attached hydrogens (tertiary/aromatic N) is 3. The van der Waals surface area contributed by atoms with Crippen molar-refractivity contribution in [3.05, 3.63) is 52.1 Å². The van der Waals surface area contributed by atoms with Crippen molar-refractivity contribution >= 4 is 5.69 Å². The van der Waals surface area contributed by atoms with E-state index in [1.165, 1.54) is 13.2 Å². The molecule has 0 spiro atoms. The zero-order valence-corrected chi connectivity index (χ0v) is 12.0. The molecule has 0 unspecified atom stereocenters. The zero-order valence-electron chi connectivity index (χ0n) is 12.0. The maximum absolute atomic E-state index is 11.0. The number of benzene rings is 1. The maximum Gasteiger partial charge on any atom is 0.311 e. The highest BCUT2D eigenvalue weighted by Gasteiger charge is 2.15. The van der Waals surface area contributed by atoms with Crippen molar-refractivity contribution in [2.24, 2.45) is 0 Å². The topological polar surface area (TPSA) is 79.4 Å². The van der Waals surface area contributed by atoms with Gasteiger partial charge in [-0.05, 0) is 18.6 Å². The highest BCUT2D eigenvalue weighted by Crippen LogP contribution is 2.27. The van der Waals surface area contributed by atoms with Crippen molar-refractivity contribution in [3.8, 4) is 5.75 Å². The van der Waals surface area contributed by atoms with E-state index in [1.807, 2.05) is 17.7 Å². The number of methoxy groups -OCH3 is 1. The van der Waals surface area contributed by atoms with Crippen LogP contribution in [0.1, 0.15) is 18.3 Å². The second-order valence-corrected chi connectivity index (χ2v) is 4.37. The number of hydrogen-bond donors (Lipinski definition) is 0. The van der Waals surface area contributed by atoms with E-state index in [0.717, 1.165) is 11.4 Å². The van der Waals surface area contributed by atoms with E-state index in [0.29, 0.717) is 19.8 Å². The average molecular weight is 291 g/mol. The summed E-state index contributed by atoms with van der Waals surface area (Å²) in [5, 5.41) is 11.0. The molecule has 7 nitrogen and oxygen atoms in total. The van der Waals surface area contributed by atoms with Crippen LogP contribution in [0.2, 0.25) is 0 Å². The van der Waals surface area contributed by atoms with Crippen LogP contribution < -0.4 is 4.74 Å². The molecule has 0 aliphatic rings. The summed E-state index contributed by atoms with van der Waals surface area (Å²) >= 11 is 0. The molecule has 0 bridgehead atoms. The van der Waals surface area contributed by atoms with Crippen molar-refractivity contribution in [1.29, 1.82) is 0 Å². The van der Waals surface area contributed by atoms with Gasteiger partial charge in [0.1, 0.15) is 12.4 Å². The summed E-state index contributed by atoms with van der Waals surface area (Å²) in [4.78, 5) is 14.8. The Morgan fingerprint density at radius 3 is 2.90 bits per heavy atom. The zero-order chi connectivity index (χ0) is 15.2. The Labute approximate surface area is 122 Å². The third kappa shape index (κ3) is 3.57. The Kier molecular flexibility index (Phi) is 4.89. The van der Waals surface area contributed by atoms with E-state index in [9.17, 15) is 10.1 Å². The van der Waals surface area contributed by atoms with E-state index in [1.54, 1.807) is 18.3 Å². The van der Waals surface area contributed by atoms with Gasteiger partial charge in [-0.3, -0.25) is 10.1 Å². The minimum atomic E-state index is -0.447. The van der Waals surface area contributed by atoms with Crippen LogP contribution >= 0.6 is 0 Å². The minimum absolute atomic E-state index is 0.0403. The van der Waals surface area contributed by atoms with E-state index in [-0.39, 0.29) is 11.4 Å². The van der Waals surface area contributed by atoms with Crippen molar-refractivity contribution < 1.29 is 14.4 Å². The fourth-order valence-electron chi connectivity index (χ4n) is 1.99. The van der Waals surface area contributed by atoms with Gasteiger partial charge in [0.05, 0.1) is 12.0 Å². The lowest BCUT2D eigenvalue weighted by atomic mass is 10.2. The molecule has 112 valence electrons. The molecule has 2 rings (SSSR count). The molecule has 0 fully saturated rings. The SMILES string of the molecule is CCOCc1nccn1Cc1ccc(OC)c([N+](=O)[O-])c1. The van der Waals surface area contributed by atoms with Crippen molar-refractivity contribution in [2.45, 2.75) is 20.1 Å². The molecule has 0 N–H and O–H groups in total. The number of nitro groups is 1. The van der Waals surface area contributed by atoms with Crippen molar-refractivity contribution in [1.82, 2.24) is 9.55 Å². The largest absolute Gasteiger partial charge is 0.490 e. The van der Waals surface area contributed by atoms with E-state index in [4.69, 9.17) is 9.47 Å². The van der Waals surface area contributed by atoms with E-state index < -0.39 is 4.92 Å². The average Bonchev–Trinajstić information content (AvgIpc) is 2.92. The second-order valence-electron chi connectivity index (χ2n) is 4.37. The standard InChI is InChI=1S/C14H17N3O4/c1-3-21-10-14-15-6-7-16(14)9-11-4-5-13(20-2)12(8-11)17(18)19/h4-8H,3,9-10H2,1-2H3. The number of rotatable bonds is 7. The Hall–Kier alpha value is -2.41. The lowest BCUT2D eigenvalue weighted by molar-refractivity contribution is -0.385. The quantitative estimate of drug-likeness (QED) is 0.578. The Morgan fingerprint density at radius 2 is 2.24 bits per heavy atom. The van der Waals surface area contributed by atoms with Crippen molar-refractivity contribution in [2.75, 3.05) is 13.7 Å². The Bertz CT molecular complexity index is 624. The van der Waals surface area contributed by atoms with Gasteiger partial charge in [0.2, 0.25) is 0 Å². The molecule has 0 aliphatic carbocycles. The van der Waals surface area contributed by atoms with Gasteiger partial charge < -0.3 is 14.0 Å². The smallest absolute Gasteiger partial charge is 0.311 e. The molecule has 0 radical (unpaired) electrons. The first-order valence-corrected chi connectivity index (χ1v) is 6.54. The predicted molar refractivity (Wildman–Crippen MR) is 76.3 cm³/mol. The van der Waals surface area contributed by atoms with E-state index in [2.05, 4.69) is 4.98 Å². The first-order valence-electron chi connectivity index (χ1n) is 6.54. The molecular weight excluding hydrogens is 274 g/mol. The summed E-state index contributed by atoms with van der Waals surface area (Å²) in [7, 11) is 1.41. The summed E-state index contributed by atoms with van der Waals surface area (Å²) in [5.41, 5.74) is 0.764. The molecule has 0 saturated heterocycles. The summed E-state index contributed by atoms with van der Waals surface area (Å²) in [5.74, 6) is 1.04.